The molecule has 4 rings (SSSR count). The number of rotatable bonds is 1. The molecular formula is C18H20N2. The molecule has 0 N–H and O–H groups in total. The molecule has 0 saturated carbocycles. The number of hydrogen-bond acceptors (Lipinski definition) is 2. The van der Waals surface area contributed by atoms with Crippen molar-refractivity contribution in [1.82, 2.24) is 0 Å². The first-order valence-corrected chi connectivity index (χ1v) is 7.50. The monoisotopic (exact) mass is 264 g/mol. The van der Waals surface area contributed by atoms with E-state index in [-0.39, 0.29) is 0 Å². The van der Waals surface area contributed by atoms with Crippen molar-refractivity contribution < 1.29 is 0 Å². The van der Waals surface area contributed by atoms with Crippen molar-refractivity contribution in [2.75, 3.05) is 10.0 Å². The molecule has 2 atom stereocenters. The molecule has 2 nitrogen and oxygen atoms in total. The Bertz CT molecular complexity index is 592. The van der Waals surface area contributed by atoms with Crippen LogP contribution in [0.4, 0.5) is 11.4 Å². The summed E-state index contributed by atoms with van der Waals surface area (Å²) in [7, 11) is 0. The maximum absolute atomic E-state index is 2.51. The van der Waals surface area contributed by atoms with Gasteiger partial charge in [0.25, 0.3) is 0 Å². The van der Waals surface area contributed by atoms with Crippen LogP contribution in [0.2, 0.25) is 0 Å². The largest absolute Gasteiger partial charge is 0.282 e. The Kier molecular flexibility index (Phi) is 2.53. The molecule has 2 aromatic carbocycles. The van der Waals surface area contributed by atoms with E-state index < -0.39 is 0 Å². The molecule has 2 heteroatoms. The van der Waals surface area contributed by atoms with Crippen LogP contribution in [-0.2, 0) is 12.8 Å². The fourth-order valence-corrected chi connectivity index (χ4v) is 3.76. The van der Waals surface area contributed by atoms with Gasteiger partial charge in [0.2, 0.25) is 0 Å². The summed E-state index contributed by atoms with van der Waals surface area (Å²) in [5.41, 5.74) is 5.69. The van der Waals surface area contributed by atoms with Gasteiger partial charge in [-0.2, -0.15) is 0 Å². The average molecular weight is 264 g/mol. The Morgan fingerprint density at radius 2 is 1.10 bits per heavy atom. The number of hydrazine groups is 1. The van der Waals surface area contributed by atoms with Crippen LogP contribution in [0.25, 0.3) is 0 Å². The second-order valence-electron chi connectivity index (χ2n) is 6.05. The minimum absolute atomic E-state index is 0.529. The third-order valence-electron chi connectivity index (χ3n) is 4.57. The molecule has 2 unspecified atom stereocenters. The van der Waals surface area contributed by atoms with Crippen molar-refractivity contribution in [2.45, 2.75) is 38.8 Å². The Hall–Kier alpha value is -1.96. The number of anilines is 2. The van der Waals surface area contributed by atoms with Crippen LogP contribution in [0, 0.1) is 0 Å². The van der Waals surface area contributed by atoms with E-state index in [4.69, 9.17) is 0 Å². The molecule has 2 heterocycles. The molecule has 0 spiro atoms. The lowest BCUT2D eigenvalue weighted by molar-refractivity contribution is 0.580. The van der Waals surface area contributed by atoms with Crippen molar-refractivity contribution in [3.63, 3.8) is 0 Å². The van der Waals surface area contributed by atoms with Crippen LogP contribution in [0.1, 0.15) is 25.0 Å². The molecule has 2 aliphatic heterocycles. The van der Waals surface area contributed by atoms with E-state index in [1.54, 1.807) is 0 Å². The second-order valence-corrected chi connectivity index (χ2v) is 6.05. The topological polar surface area (TPSA) is 6.48 Å². The Morgan fingerprint density at radius 3 is 1.55 bits per heavy atom. The van der Waals surface area contributed by atoms with Gasteiger partial charge in [-0.3, -0.25) is 10.0 Å². The lowest BCUT2D eigenvalue weighted by atomic mass is 10.1. The van der Waals surface area contributed by atoms with E-state index in [9.17, 15) is 0 Å². The van der Waals surface area contributed by atoms with Gasteiger partial charge >= 0.3 is 0 Å². The number of fused-ring (bicyclic) bond motifs is 2. The fourth-order valence-electron chi connectivity index (χ4n) is 3.76. The van der Waals surface area contributed by atoms with Crippen LogP contribution in [0.15, 0.2) is 48.5 Å². The quantitative estimate of drug-likeness (QED) is 0.773. The van der Waals surface area contributed by atoms with Crippen molar-refractivity contribution in [3.8, 4) is 0 Å². The normalized spacial score (nSPS) is 23.9. The molecular weight excluding hydrogens is 244 g/mol. The molecule has 102 valence electrons. The van der Waals surface area contributed by atoms with Gasteiger partial charge in [0.1, 0.15) is 0 Å². The summed E-state index contributed by atoms with van der Waals surface area (Å²) < 4.78 is 0. The minimum Gasteiger partial charge on any atom is -0.282 e. The first-order valence-electron chi connectivity index (χ1n) is 7.50. The number of para-hydroxylation sites is 2. The molecule has 0 bridgehead atoms. The van der Waals surface area contributed by atoms with Gasteiger partial charge in [0.15, 0.2) is 0 Å². The maximum Gasteiger partial charge on any atom is 0.0610 e. The summed E-state index contributed by atoms with van der Waals surface area (Å²) in [6.07, 6.45) is 2.28. The highest BCUT2D eigenvalue weighted by atomic mass is 15.7. The molecule has 0 aliphatic carbocycles. The lowest BCUT2D eigenvalue weighted by Gasteiger charge is -2.39. The van der Waals surface area contributed by atoms with E-state index >= 15 is 0 Å². The third-order valence-corrected chi connectivity index (χ3v) is 4.57. The highest BCUT2D eigenvalue weighted by Gasteiger charge is 2.36. The molecule has 0 fully saturated rings. The average Bonchev–Trinajstić information content (AvgIpc) is 2.94. The molecule has 0 radical (unpaired) electrons. The smallest absolute Gasteiger partial charge is 0.0610 e. The van der Waals surface area contributed by atoms with E-state index in [0.29, 0.717) is 12.1 Å². The molecule has 0 amide bonds. The first-order chi connectivity index (χ1) is 9.75. The van der Waals surface area contributed by atoms with E-state index in [1.165, 1.54) is 22.5 Å². The van der Waals surface area contributed by atoms with Gasteiger partial charge in [0.05, 0.1) is 23.5 Å². The minimum atomic E-state index is 0.529. The maximum atomic E-state index is 2.51. The summed E-state index contributed by atoms with van der Waals surface area (Å²) in [6, 6.07) is 18.7. The summed E-state index contributed by atoms with van der Waals surface area (Å²) in [4.78, 5) is 0. The number of nitrogens with zero attached hydrogens (tertiary/aromatic N) is 2. The first kappa shape index (κ1) is 11.8. The van der Waals surface area contributed by atoms with Crippen molar-refractivity contribution in [2.24, 2.45) is 0 Å². The molecule has 2 aromatic rings. The van der Waals surface area contributed by atoms with Gasteiger partial charge in [-0.1, -0.05) is 36.4 Å². The Morgan fingerprint density at radius 1 is 0.700 bits per heavy atom. The second kappa shape index (κ2) is 4.27. The summed E-state index contributed by atoms with van der Waals surface area (Å²) in [5.74, 6) is 0. The van der Waals surface area contributed by atoms with Gasteiger partial charge in [0, 0.05) is 0 Å². The van der Waals surface area contributed by atoms with Gasteiger partial charge in [-0.05, 0) is 49.9 Å². The molecule has 20 heavy (non-hydrogen) atoms. The zero-order valence-corrected chi connectivity index (χ0v) is 12.1. The lowest BCUT2D eigenvalue weighted by Crippen LogP contribution is -2.49. The highest BCUT2D eigenvalue weighted by Crippen LogP contribution is 2.40. The van der Waals surface area contributed by atoms with Gasteiger partial charge < -0.3 is 0 Å². The summed E-state index contributed by atoms with van der Waals surface area (Å²) in [6.45, 7) is 4.65. The highest BCUT2D eigenvalue weighted by molar-refractivity contribution is 5.69. The molecule has 0 aromatic heterocycles. The van der Waals surface area contributed by atoms with Gasteiger partial charge in [-0.25, -0.2) is 0 Å². The van der Waals surface area contributed by atoms with E-state index in [1.807, 2.05) is 0 Å². The van der Waals surface area contributed by atoms with E-state index in [2.05, 4.69) is 72.4 Å². The van der Waals surface area contributed by atoms with E-state index in [0.717, 1.165) is 12.8 Å². The predicted octanol–water partition coefficient (Wildman–Crippen LogP) is 3.80. The summed E-state index contributed by atoms with van der Waals surface area (Å²) in [5, 5.41) is 5.01. The SMILES string of the molecule is CC1Cc2ccccc2N1N1c2ccccc2CC1C. The van der Waals surface area contributed by atoms with Crippen molar-refractivity contribution in [3.05, 3.63) is 59.7 Å². The zero-order chi connectivity index (χ0) is 13.7. The van der Waals surface area contributed by atoms with Gasteiger partial charge in [-0.15, -0.1) is 0 Å². The van der Waals surface area contributed by atoms with Crippen molar-refractivity contribution >= 4 is 11.4 Å². The fraction of sp³-hybridized carbons (Fsp3) is 0.333. The molecule has 0 saturated heterocycles. The standard InChI is InChI=1S/C18H20N2/c1-13-11-15-7-3-5-9-17(15)19(13)20-14(2)12-16-8-4-6-10-18(16)20/h3-10,13-14H,11-12H2,1-2H3. The Balaban J connectivity index is 1.82. The van der Waals surface area contributed by atoms with Crippen LogP contribution in [0.5, 0.6) is 0 Å². The predicted molar refractivity (Wildman–Crippen MR) is 84.2 cm³/mol. The van der Waals surface area contributed by atoms with Crippen molar-refractivity contribution in [1.29, 1.82) is 0 Å². The summed E-state index contributed by atoms with van der Waals surface area (Å²) >= 11 is 0. The Labute approximate surface area is 120 Å². The van der Waals surface area contributed by atoms with Crippen LogP contribution < -0.4 is 10.0 Å². The molecule has 2 aliphatic rings. The third kappa shape index (κ3) is 1.57. The zero-order valence-electron chi connectivity index (χ0n) is 12.1. The van der Waals surface area contributed by atoms with Crippen LogP contribution in [0.3, 0.4) is 0 Å². The number of hydrogen-bond donors (Lipinski definition) is 0. The number of benzene rings is 2. The van der Waals surface area contributed by atoms with Crippen LogP contribution in [-0.4, -0.2) is 12.1 Å². The van der Waals surface area contributed by atoms with Crippen LogP contribution >= 0.6 is 0 Å².